The van der Waals surface area contributed by atoms with Gasteiger partial charge in [-0.2, -0.15) is 0 Å². The predicted octanol–water partition coefficient (Wildman–Crippen LogP) is 2.13. The van der Waals surface area contributed by atoms with Crippen LogP contribution in [0.25, 0.3) is 0 Å². The highest BCUT2D eigenvalue weighted by Gasteiger charge is 2.42. The van der Waals surface area contributed by atoms with Crippen molar-refractivity contribution in [3.05, 3.63) is 42.0 Å². The predicted molar refractivity (Wildman–Crippen MR) is 82.1 cm³/mol. The summed E-state index contributed by atoms with van der Waals surface area (Å²) in [4.78, 5) is 8.40. The first kappa shape index (κ1) is 14.3. The zero-order valence-electron chi connectivity index (χ0n) is 12.6. The molecule has 3 heterocycles. The Morgan fingerprint density at radius 2 is 2.22 bits per heavy atom. The average molecular weight is 316 g/mol. The van der Waals surface area contributed by atoms with E-state index in [1.807, 2.05) is 6.92 Å². The largest absolute Gasteiger partial charge is 0.472 e. The van der Waals surface area contributed by atoms with E-state index in [0.717, 1.165) is 12.0 Å². The fourth-order valence-electron chi connectivity index (χ4n) is 2.92. The van der Waals surface area contributed by atoms with Crippen LogP contribution in [0.1, 0.15) is 12.0 Å². The van der Waals surface area contributed by atoms with Crippen molar-refractivity contribution in [2.75, 3.05) is 11.9 Å². The molecule has 23 heavy (non-hydrogen) atoms. The molecular weight excluding hydrogens is 299 g/mol. The topological polar surface area (TPSA) is 68.3 Å². The highest BCUT2D eigenvalue weighted by atomic mass is 19.1. The molecule has 0 radical (unpaired) electrons. The van der Waals surface area contributed by atoms with Gasteiger partial charge in [0.15, 0.2) is 0 Å². The fourth-order valence-corrected chi connectivity index (χ4v) is 2.92. The van der Waals surface area contributed by atoms with Crippen LogP contribution in [0.4, 0.5) is 15.9 Å². The summed E-state index contributed by atoms with van der Waals surface area (Å²) < 4.78 is 25.3. The van der Waals surface area contributed by atoms with E-state index in [-0.39, 0.29) is 24.2 Å². The van der Waals surface area contributed by atoms with Gasteiger partial charge in [-0.1, -0.05) is 12.1 Å². The number of aromatic nitrogens is 2. The molecule has 0 amide bonds. The Balaban J connectivity index is 1.54. The molecule has 1 aromatic carbocycles. The molecule has 4 rings (SSSR count). The van der Waals surface area contributed by atoms with E-state index in [9.17, 15) is 4.39 Å². The molecule has 0 saturated carbocycles. The Bertz CT molecular complexity index is 727. The molecule has 6 nitrogen and oxygen atoms in total. The summed E-state index contributed by atoms with van der Waals surface area (Å²) in [6.07, 6.45) is 2.32. The lowest BCUT2D eigenvalue weighted by Crippen LogP contribution is -2.35. The lowest BCUT2D eigenvalue weighted by atomic mass is 10.1. The minimum absolute atomic E-state index is 0.0312. The van der Waals surface area contributed by atoms with E-state index in [4.69, 9.17) is 9.47 Å². The monoisotopic (exact) mass is 316 g/mol. The van der Waals surface area contributed by atoms with Gasteiger partial charge >= 0.3 is 0 Å². The minimum atomic E-state index is -0.331. The van der Waals surface area contributed by atoms with Crippen molar-refractivity contribution in [2.45, 2.75) is 31.7 Å². The molecule has 0 aliphatic carbocycles. The summed E-state index contributed by atoms with van der Waals surface area (Å²) in [6.45, 7) is 2.51. The third kappa shape index (κ3) is 2.73. The Kier molecular flexibility index (Phi) is 3.59. The molecule has 2 saturated heterocycles. The first-order valence-electron chi connectivity index (χ1n) is 7.58. The third-order valence-electron chi connectivity index (χ3n) is 4.20. The number of fused-ring (bicyclic) bond motifs is 2. The zero-order valence-corrected chi connectivity index (χ0v) is 12.6. The van der Waals surface area contributed by atoms with Gasteiger partial charge in [-0.05, 0) is 19.1 Å². The Morgan fingerprint density at radius 3 is 2.96 bits per heavy atom. The lowest BCUT2D eigenvalue weighted by molar-refractivity contribution is 0.0295. The molecule has 3 unspecified atom stereocenters. The summed E-state index contributed by atoms with van der Waals surface area (Å²) in [5.41, 5.74) is 1.12. The van der Waals surface area contributed by atoms with Crippen molar-refractivity contribution < 1.29 is 13.9 Å². The van der Waals surface area contributed by atoms with Gasteiger partial charge in [0.2, 0.25) is 5.88 Å². The number of nitrogens with zero attached hydrogens (tertiary/aromatic N) is 2. The second-order valence-corrected chi connectivity index (χ2v) is 5.74. The summed E-state index contributed by atoms with van der Waals surface area (Å²) in [5.74, 6) is 0.716. The number of hydrogen-bond acceptors (Lipinski definition) is 6. The minimum Gasteiger partial charge on any atom is -0.472 e. The van der Waals surface area contributed by atoms with Gasteiger partial charge in [0, 0.05) is 6.42 Å². The standard InChI is InChI=1S/C16H17FN4O2/c1-9-15(21-11-5-3-2-4-10(11)17)18-8-19-16(9)23-13-6-14-20-12(13)7-22-14/h2-5,8,12-14,20H,6-7H2,1H3,(H,18,19,21). The van der Waals surface area contributed by atoms with Crippen LogP contribution in [0.15, 0.2) is 30.6 Å². The average Bonchev–Trinajstić information content (AvgIpc) is 3.16. The van der Waals surface area contributed by atoms with Crippen molar-refractivity contribution in [2.24, 2.45) is 0 Å². The number of ether oxygens (including phenoxy) is 2. The van der Waals surface area contributed by atoms with E-state index >= 15 is 0 Å². The van der Waals surface area contributed by atoms with E-state index in [1.165, 1.54) is 12.4 Å². The summed E-state index contributed by atoms with van der Waals surface area (Å²) in [6, 6.07) is 6.66. The highest BCUT2D eigenvalue weighted by molar-refractivity contribution is 5.61. The van der Waals surface area contributed by atoms with Crippen LogP contribution in [0.5, 0.6) is 5.88 Å². The van der Waals surface area contributed by atoms with Crippen molar-refractivity contribution in [1.82, 2.24) is 15.3 Å². The SMILES string of the molecule is Cc1c(Nc2ccccc2F)ncnc1OC1CC2NC1CO2. The first-order valence-corrected chi connectivity index (χ1v) is 7.58. The molecule has 2 fully saturated rings. The number of nitrogens with one attached hydrogen (secondary N) is 2. The number of halogens is 1. The van der Waals surface area contributed by atoms with Crippen LogP contribution in [-0.2, 0) is 4.74 Å². The quantitative estimate of drug-likeness (QED) is 0.901. The maximum atomic E-state index is 13.8. The van der Waals surface area contributed by atoms with E-state index in [2.05, 4.69) is 20.6 Å². The molecule has 2 aromatic rings. The molecular formula is C16H17FN4O2. The highest BCUT2D eigenvalue weighted by Crippen LogP contribution is 2.30. The first-order chi connectivity index (χ1) is 11.2. The second-order valence-electron chi connectivity index (χ2n) is 5.74. The zero-order chi connectivity index (χ0) is 15.8. The Hall–Kier alpha value is -2.25. The van der Waals surface area contributed by atoms with Gasteiger partial charge in [0.25, 0.3) is 0 Å². The fraction of sp³-hybridized carbons (Fsp3) is 0.375. The molecule has 2 N–H and O–H groups in total. The van der Waals surface area contributed by atoms with Crippen molar-refractivity contribution in [3.63, 3.8) is 0 Å². The maximum absolute atomic E-state index is 13.8. The van der Waals surface area contributed by atoms with Crippen molar-refractivity contribution in [1.29, 1.82) is 0 Å². The molecule has 1 aromatic heterocycles. The Morgan fingerprint density at radius 1 is 1.35 bits per heavy atom. The number of anilines is 2. The number of rotatable bonds is 4. The van der Waals surface area contributed by atoms with E-state index < -0.39 is 0 Å². The molecule has 3 atom stereocenters. The van der Waals surface area contributed by atoms with Crippen molar-refractivity contribution in [3.8, 4) is 5.88 Å². The van der Waals surface area contributed by atoms with Crippen LogP contribution in [0.2, 0.25) is 0 Å². The van der Waals surface area contributed by atoms with Crippen LogP contribution < -0.4 is 15.4 Å². The molecule has 2 aliphatic rings. The molecule has 2 bridgehead atoms. The van der Waals surface area contributed by atoms with Crippen LogP contribution >= 0.6 is 0 Å². The Labute approximate surface area is 133 Å². The normalized spacial score (nSPS) is 25.6. The van der Waals surface area contributed by atoms with Crippen LogP contribution in [0.3, 0.4) is 0 Å². The van der Waals surface area contributed by atoms with Crippen molar-refractivity contribution >= 4 is 11.5 Å². The summed E-state index contributed by atoms with van der Waals surface area (Å²) in [7, 11) is 0. The van der Waals surface area contributed by atoms with Gasteiger partial charge in [-0.25, -0.2) is 14.4 Å². The van der Waals surface area contributed by atoms with Gasteiger partial charge in [-0.3, -0.25) is 5.32 Å². The van der Waals surface area contributed by atoms with E-state index in [0.29, 0.717) is 24.0 Å². The van der Waals surface area contributed by atoms with Gasteiger partial charge in [-0.15, -0.1) is 0 Å². The summed E-state index contributed by atoms with van der Waals surface area (Å²) >= 11 is 0. The molecule has 120 valence electrons. The second kappa shape index (κ2) is 5.75. The summed E-state index contributed by atoms with van der Waals surface area (Å²) in [5, 5.41) is 6.32. The smallest absolute Gasteiger partial charge is 0.221 e. The van der Waals surface area contributed by atoms with Crippen LogP contribution in [0, 0.1) is 12.7 Å². The van der Waals surface area contributed by atoms with Gasteiger partial charge in [0.05, 0.1) is 23.9 Å². The van der Waals surface area contributed by atoms with E-state index in [1.54, 1.807) is 18.2 Å². The maximum Gasteiger partial charge on any atom is 0.221 e. The van der Waals surface area contributed by atoms with Gasteiger partial charge in [0.1, 0.15) is 30.3 Å². The third-order valence-corrected chi connectivity index (χ3v) is 4.20. The number of benzene rings is 1. The molecule has 2 aliphatic heterocycles. The van der Waals surface area contributed by atoms with Gasteiger partial charge < -0.3 is 14.8 Å². The molecule has 0 spiro atoms. The molecule has 7 heteroatoms. The number of hydrogen-bond donors (Lipinski definition) is 2. The lowest BCUT2D eigenvalue weighted by Gasteiger charge is -2.22. The van der Waals surface area contributed by atoms with Crippen LogP contribution in [-0.4, -0.2) is 34.9 Å². The number of para-hydroxylation sites is 1.